The van der Waals surface area contributed by atoms with Crippen LogP contribution in [0.4, 0.5) is 22.1 Å². The monoisotopic (exact) mass is 357 g/mol. The first-order valence-electron chi connectivity index (χ1n) is 7.80. The highest BCUT2D eigenvalue weighted by atomic mass is 35.5. The fourth-order valence-corrected chi connectivity index (χ4v) is 2.42. The molecule has 1 aromatic carbocycles. The number of aryl methyl sites for hydroxylation is 1. The smallest absolute Gasteiger partial charge is 0.320 e. The molecule has 6 nitrogen and oxygen atoms in total. The van der Waals surface area contributed by atoms with Crippen molar-refractivity contribution in [1.82, 2.24) is 15.3 Å². The van der Waals surface area contributed by atoms with E-state index in [-0.39, 0.29) is 18.4 Å². The average molecular weight is 358 g/mol. The number of nitrogens with one attached hydrogen (secondary N) is 3. The maximum atomic E-state index is 11.6. The van der Waals surface area contributed by atoms with Crippen molar-refractivity contribution in [3.63, 3.8) is 0 Å². The number of anilines is 3. The summed E-state index contributed by atoms with van der Waals surface area (Å²) in [4.78, 5) is 20.4. The van der Waals surface area contributed by atoms with Gasteiger partial charge < -0.3 is 10.6 Å². The molecule has 3 aromatic rings. The number of halogens is 1. The molecule has 0 aliphatic rings. The third-order valence-electron chi connectivity index (χ3n) is 3.49. The zero-order chi connectivity index (χ0) is 16.9. The third kappa shape index (κ3) is 4.58. The molecule has 0 aliphatic heterocycles. The van der Waals surface area contributed by atoms with Gasteiger partial charge in [-0.1, -0.05) is 18.2 Å². The van der Waals surface area contributed by atoms with Gasteiger partial charge in [0.2, 0.25) is 0 Å². The molecular weight excluding hydrogens is 338 g/mol. The summed E-state index contributed by atoms with van der Waals surface area (Å²) < 4.78 is 0. The minimum Gasteiger partial charge on any atom is -0.340 e. The number of fused-ring (bicyclic) bond motifs is 1. The molecule has 3 N–H and O–H groups in total. The molecule has 3 rings (SSSR count). The van der Waals surface area contributed by atoms with Crippen molar-refractivity contribution >= 4 is 46.5 Å². The normalized spacial score (nSPS) is 10.0. The summed E-state index contributed by atoms with van der Waals surface area (Å²) in [6.07, 6.45) is 1.75. The lowest BCUT2D eigenvalue weighted by atomic mass is 10.1. The van der Waals surface area contributed by atoms with E-state index in [4.69, 9.17) is 0 Å². The molecule has 2 amide bonds. The van der Waals surface area contributed by atoms with Crippen LogP contribution in [0.25, 0.3) is 10.8 Å². The summed E-state index contributed by atoms with van der Waals surface area (Å²) in [5.74, 6) is 1.30. The van der Waals surface area contributed by atoms with Crippen molar-refractivity contribution in [2.45, 2.75) is 13.8 Å². The molecule has 130 valence electrons. The Bertz CT molecular complexity index is 884. The minimum absolute atomic E-state index is 0. The van der Waals surface area contributed by atoms with Crippen LogP contribution < -0.4 is 16.0 Å². The van der Waals surface area contributed by atoms with Gasteiger partial charge in [-0.15, -0.1) is 12.4 Å². The van der Waals surface area contributed by atoms with Crippen molar-refractivity contribution in [3.8, 4) is 0 Å². The maximum Gasteiger partial charge on any atom is 0.320 e. The van der Waals surface area contributed by atoms with E-state index >= 15 is 0 Å². The number of hydrogen-bond donors (Lipinski definition) is 3. The predicted molar refractivity (Wildman–Crippen MR) is 104 cm³/mol. The number of amides is 2. The molecule has 0 radical (unpaired) electrons. The van der Waals surface area contributed by atoms with Crippen LogP contribution in [0.1, 0.15) is 12.6 Å². The summed E-state index contributed by atoms with van der Waals surface area (Å²) in [6.45, 7) is 4.39. The number of pyridine rings is 2. The Hall–Kier alpha value is -2.86. The summed E-state index contributed by atoms with van der Waals surface area (Å²) in [6, 6.07) is 13.3. The van der Waals surface area contributed by atoms with Crippen LogP contribution in [-0.4, -0.2) is 22.5 Å². The quantitative estimate of drug-likeness (QED) is 0.652. The highest BCUT2D eigenvalue weighted by molar-refractivity contribution is 5.97. The van der Waals surface area contributed by atoms with Crippen LogP contribution in [0.3, 0.4) is 0 Å². The second-order valence-electron chi connectivity index (χ2n) is 5.37. The van der Waals surface area contributed by atoms with Gasteiger partial charge in [-0.2, -0.15) is 0 Å². The van der Waals surface area contributed by atoms with E-state index in [2.05, 4.69) is 25.9 Å². The summed E-state index contributed by atoms with van der Waals surface area (Å²) in [7, 11) is 0. The van der Waals surface area contributed by atoms with Gasteiger partial charge in [0.15, 0.2) is 0 Å². The van der Waals surface area contributed by atoms with E-state index in [0.29, 0.717) is 12.4 Å². The van der Waals surface area contributed by atoms with Crippen molar-refractivity contribution in [1.29, 1.82) is 0 Å². The van der Waals surface area contributed by atoms with Crippen LogP contribution >= 0.6 is 12.4 Å². The molecule has 0 saturated carbocycles. The van der Waals surface area contributed by atoms with Gasteiger partial charge in [0.1, 0.15) is 11.6 Å². The van der Waals surface area contributed by atoms with Gasteiger partial charge in [0.25, 0.3) is 0 Å². The lowest BCUT2D eigenvalue weighted by molar-refractivity contribution is 0.252. The molecule has 0 atom stereocenters. The lowest BCUT2D eigenvalue weighted by Crippen LogP contribution is -2.28. The average Bonchev–Trinajstić information content (AvgIpc) is 2.55. The molecule has 25 heavy (non-hydrogen) atoms. The van der Waals surface area contributed by atoms with Crippen LogP contribution in [0.5, 0.6) is 0 Å². The number of nitrogens with zero attached hydrogens (tertiary/aromatic N) is 2. The van der Waals surface area contributed by atoms with Crippen molar-refractivity contribution in [3.05, 3.63) is 54.4 Å². The first-order chi connectivity index (χ1) is 11.7. The number of benzene rings is 1. The van der Waals surface area contributed by atoms with Gasteiger partial charge in [0.05, 0.1) is 0 Å². The van der Waals surface area contributed by atoms with Crippen LogP contribution in [0.15, 0.2) is 48.7 Å². The number of urea groups is 1. The SMILES string of the molecule is CCNC(=O)Nc1cc2cccc(Nc3cccc(C)n3)c2cn1.Cl. The van der Waals surface area contributed by atoms with Crippen molar-refractivity contribution in [2.24, 2.45) is 0 Å². The molecule has 2 heterocycles. The second-order valence-corrected chi connectivity index (χ2v) is 5.37. The van der Waals surface area contributed by atoms with Gasteiger partial charge in [-0.3, -0.25) is 5.32 Å². The molecule has 0 aliphatic carbocycles. The molecule has 0 bridgehead atoms. The van der Waals surface area contributed by atoms with Gasteiger partial charge in [-0.05, 0) is 43.5 Å². The predicted octanol–water partition coefficient (Wildman–Crippen LogP) is 4.25. The third-order valence-corrected chi connectivity index (χ3v) is 3.49. The van der Waals surface area contributed by atoms with E-state index in [1.165, 1.54) is 0 Å². The van der Waals surface area contributed by atoms with E-state index < -0.39 is 0 Å². The van der Waals surface area contributed by atoms with Crippen LogP contribution in [0.2, 0.25) is 0 Å². The number of carbonyl (C=O) groups excluding carboxylic acids is 1. The fraction of sp³-hybridized carbons (Fsp3) is 0.167. The highest BCUT2D eigenvalue weighted by Crippen LogP contribution is 2.26. The summed E-state index contributed by atoms with van der Waals surface area (Å²) in [5.41, 5.74) is 1.87. The first-order valence-corrected chi connectivity index (χ1v) is 7.80. The molecule has 0 saturated heterocycles. The Morgan fingerprint density at radius 3 is 2.68 bits per heavy atom. The number of aromatic nitrogens is 2. The molecule has 7 heteroatoms. The Morgan fingerprint density at radius 1 is 1.12 bits per heavy atom. The zero-order valence-electron chi connectivity index (χ0n) is 14.0. The largest absolute Gasteiger partial charge is 0.340 e. The van der Waals surface area contributed by atoms with E-state index in [1.807, 2.05) is 56.3 Å². The Morgan fingerprint density at radius 2 is 1.92 bits per heavy atom. The standard InChI is InChI=1S/C18H19N5O.ClH/c1-3-19-18(24)23-17-10-13-7-5-8-15(14(13)11-20-17)22-16-9-4-6-12(2)21-16;/h4-11H,3H2,1-2H3,(H,21,22)(H2,19,20,23,24);1H. The molecular formula is C18H20ClN5O. The van der Waals surface area contributed by atoms with Crippen LogP contribution in [-0.2, 0) is 0 Å². The van der Waals surface area contributed by atoms with Crippen LogP contribution in [0, 0.1) is 6.92 Å². The maximum absolute atomic E-state index is 11.6. The minimum atomic E-state index is -0.261. The van der Waals surface area contributed by atoms with Crippen molar-refractivity contribution in [2.75, 3.05) is 17.2 Å². The molecule has 0 spiro atoms. The van der Waals surface area contributed by atoms with Gasteiger partial charge in [0, 0.05) is 29.5 Å². The van der Waals surface area contributed by atoms with Crippen molar-refractivity contribution < 1.29 is 4.79 Å². The number of rotatable bonds is 4. The van der Waals surface area contributed by atoms with E-state index in [9.17, 15) is 4.79 Å². The topological polar surface area (TPSA) is 78.9 Å². The number of hydrogen-bond acceptors (Lipinski definition) is 4. The van der Waals surface area contributed by atoms with Gasteiger partial charge >= 0.3 is 6.03 Å². The van der Waals surface area contributed by atoms with E-state index in [0.717, 1.165) is 28.0 Å². The van der Waals surface area contributed by atoms with E-state index in [1.54, 1.807) is 6.20 Å². The summed E-state index contributed by atoms with van der Waals surface area (Å²) in [5, 5.41) is 10.7. The first kappa shape index (κ1) is 18.5. The lowest BCUT2D eigenvalue weighted by Gasteiger charge is -2.11. The molecule has 0 fully saturated rings. The van der Waals surface area contributed by atoms with Gasteiger partial charge in [-0.25, -0.2) is 14.8 Å². The Balaban J connectivity index is 0.00000225. The summed E-state index contributed by atoms with van der Waals surface area (Å²) >= 11 is 0. The fourth-order valence-electron chi connectivity index (χ4n) is 2.42. The highest BCUT2D eigenvalue weighted by Gasteiger charge is 2.06. The molecule has 2 aromatic heterocycles. The Labute approximate surface area is 152 Å². The number of carbonyl (C=O) groups is 1. The zero-order valence-corrected chi connectivity index (χ0v) is 14.9. The molecule has 0 unspecified atom stereocenters. The second kappa shape index (κ2) is 8.30. The Kier molecular flexibility index (Phi) is 6.14.